The Bertz CT molecular complexity index is 1110. The molecular weight excluding hydrogens is 435 g/mol. The van der Waals surface area contributed by atoms with E-state index in [0.717, 1.165) is 16.6 Å². The molecule has 6 nitrogen and oxygen atoms in total. The smallest absolute Gasteiger partial charge is 0.286 e. The average Bonchev–Trinajstić information content (AvgIpc) is 3.02. The van der Waals surface area contributed by atoms with Crippen LogP contribution in [0.1, 0.15) is 13.3 Å². The van der Waals surface area contributed by atoms with E-state index in [0.29, 0.717) is 38.6 Å². The number of fused-ring (bicyclic) bond motifs is 1. The number of aromatic nitrogens is 1. The van der Waals surface area contributed by atoms with E-state index in [-0.39, 0.29) is 6.61 Å². The third kappa shape index (κ3) is 4.86. The number of thiazole rings is 1. The van der Waals surface area contributed by atoms with Gasteiger partial charge in [-0.1, -0.05) is 41.5 Å². The van der Waals surface area contributed by atoms with Crippen molar-refractivity contribution in [3.63, 3.8) is 0 Å². The van der Waals surface area contributed by atoms with Crippen molar-refractivity contribution < 1.29 is 19.0 Å². The van der Waals surface area contributed by atoms with Gasteiger partial charge in [-0.2, -0.15) is 4.99 Å². The standard InChI is InChI=1S/C20H20Cl2N2O4S/c1-4-7-24-14-9-16(26-2)17(27-3)10-18(14)29-20(24)23-19(25)11-28-15-6-5-12(21)8-13(15)22/h5-6,8-10H,4,7,11H2,1-3H3. The monoisotopic (exact) mass is 454 g/mol. The minimum atomic E-state index is -0.411. The fourth-order valence-electron chi connectivity index (χ4n) is 2.79. The molecule has 0 aliphatic rings. The molecule has 3 rings (SSSR count). The number of amides is 1. The van der Waals surface area contributed by atoms with E-state index in [4.69, 9.17) is 37.4 Å². The summed E-state index contributed by atoms with van der Waals surface area (Å²) in [6.07, 6.45) is 0.887. The van der Waals surface area contributed by atoms with E-state index < -0.39 is 5.91 Å². The molecule has 0 fully saturated rings. The fraction of sp³-hybridized carbons (Fsp3) is 0.300. The summed E-state index contributed by atoms with van der Waals surface area (Å²) in [5, 5.41) is 0.836. The number of hydrogen-bond donors (Lipinski definition) is 0. The van der Waals surface area contributed by atoms with Crippen molar-refractivity contribution in [2.45, 2.75) is 19.9 Å². The molecule has 0 N–H and O–H groups in total. The van der Waals surface area contributed by atoms with Crippen LogP contribution in [-0.4, -0.2) is 31.3 Å². The van der Waals surface area contributed by atoms with Crippen LogP contribution in [0, 0.1) is 0 Å². The number of rotatable bonds is 7. The van der Waals surface area contributed by atoms with Crippen molar-refractivity contribution in [1.82, 2.24) is 4.57 Å². The number of aryl methyl sites for hydroxylation is 1. The van der Waals surface area contributed by atoms with Crippen molar-refractivity contribution in [3.05, 3.63) is 45.2 Å². The molecule has 0 aliphatic carbocycles. The summed E-state index contributed by atoms with van der Waals surface area (Å²) in [4.78, 5) is 17.3. The van der Waals surface area contributed by atoms with Gasteiger partial charge in [0.1, 0.15) is 5.75 Å². The van der Waals surface area contributed by atoms with Gasteiger partial charge in [-0.05, 0) is 24.6 Å². The van der Waals surface area contributed by atoms with Crippen molar-refractivity contribution >= 4 is 50.7 Å². The normalized spacial score (nSPS) is 11.7. The molecule has 0 unspecified atom stereocenters. The quantitative estimate of drug-likeness (QED) is 0.506. The topological polar surface area (TPSA) is 62.1 Å². The van der Waals surface area contributed by atoms with Crippen LogP contribution in [0.25, 0.3) is 10.2 Å². The summed E-state index contributed by atoms with van der Waals surface area (Å²) in [6.45, 7) is 2.55. The van der Waals surface area contributed by atoms with Crippen LogP contribution in [0.3, 0.4) is 0 Å². The van der Waals surface area contributed by atoms with E-state index in [1.807, 2.05) is 16.7 Å². The number of carbonyl (C=O) groups is 1. The maximum atomic E-state index is 12.4. The van der Waals surface area contributed by atoms with Crippen LogP contribution in [0.15, 0.2) is 35.3 Å². The molecule has 0 saturated carbocycles. The predicted octanol–water partition coefficient (Wildman–Crippen LogP) is 4.94. The van der Waals surface area contributed by atoms with Gasteiger partial charge in [-0.15, -0.1) is 0 Å². The van der Waals surface area contributed by atoms with Gasteiger partial charge in [0, 0.05) is 23.7 Å². The second kappa shape index (κ2) is 9.52. The summed E-state index contributed by atoms with van der Waals surface area (Å²) in [6, 6.07) is 8.61. The van der Waals surface area contributed by atoms with Crippen LogP contribution in [-0.2, 0) is 11.3 Å². The molecule has 1 heterocycles. The Morgan fingerprint density at radius 3 is 2.48 bits per heavy atom. The van der Waals surface area contributed by atoms with Crippen LogP contribution in [0.4, 0.5) is 0 Å². The first kappa shape index (κ1) is 21.5. The Morgan fingerprint density at radius 2 is 1.83 bits per heavy atom. The van der Waals surface area contributed by atoms with Crippen molar-refractivity contribution in [2.24, 2.45) is 4.99 Å². The molecular formula is C20H20Cl2N2O4S. The Hall–Kier alpha value is -2.22. The van der Waals surface area contributed by atoms with Gasteiger partial charge in [-0.3, -0.25) is 4.79 Å². The molecule has 29 heavy (non-hydrogen) atoms. The van der Waals surface area contributed by atoms with Gasteiger partial charge in [-0.25, -0.2) is 0 Å². The lowest BCUT2D eigenvalue weighted by Gasteiger charge is -2.09. The Labute approximate surface area is 182 Å². The zero-order valence-electron chi connectivity index (χ0n) is 16.2. The van der Waals surface area contributed by atoms with E-state index in [1.165, 1.54) is 11.3 Å². The highest BCUT2D eigenvalue weighted by Gasteiger charge is 2.13. The van der Waals surface area contributed by atoms with Crippen LogP contribution >= 0.6 is 34.5 Å². The molecule has 0 radical (unpaired) electrons. The molecule has 1 aromatic heterocycles. The van der Waals surface area contributed by atoms with Gasteiger partial charge in [0.2, 0.25) is 0 Å². The maximum absolute atomic E-state index is 12.4. The van der Waals surface area contributed by atoms with E-state index in [2.05, 4.69) is 11.9 Å². The summed E-state index contributed by atoms with van der Waals surface area (Å²) in [7, 11) is 3.18. The number of methoxy groups -OCH3 is 2. The number of ether oxygens (including phenoxy) is 3. The van der Waals surface area contributed by atoms with Crippen molar-refractivity contribution in [1.29, 1.82) is 0 Å². The number of nitrogens with zero attached hydrogens (tertiary/aromatic N) is 2. The van der Waals surface area contributed by atoms with Gasteiger partial charge in [0.15, 0.2) is 22.9 Å². The SMILES string of the molecule is CCCn1c(=NC(=O)COc2ccc(Cl)cc2Cl)sc2cc(OC)c(OC)cc21. The highest BCUT2D eigenvalue weighted by atomic mass is 35.5. The molecule has 0 saturated heterocycles. The molecule has 0 aliphatic heterocycles. The highest BCUT2D eigenvalue weighted by molar-refractivity contribution is 7.16. The third-order valence-corrected chi connectivity index (χ3v) is 5.67. The zero-order chi connectivity index (χ0) is 21.0. The van der Waals surface area contributed by atoms with Gasteiger partial charge in [0.25, 0.3) is 5.91 Å². The molecule has 0 bridgehead atoms. The Kier molecular flexibility index (Phi) is 7.05. The van der Waals surface area contributed by atoms with E-state index in [1.54, 1.807) is 32.4 Å². The lowest BCUT2D eigenvalue weighted by molar-refractivity contribution is -0.120. The van der Waals surface area contributed by atoms with Crippen molar-refractivity contribution in [2.75, 3.05) is 20.8 Å². The van der Waals surface area contributed by atoms with Crippen LogP contribution in [0.5, 0.6) is 17.2 Å². The highest BCUT2D eigenvalue weighted by Crippen LogP contribution is 2.33. The van der Waals surface area contributed by atoms with E-state index >= 15 is 0 Å². The molecule has 0 spiro atoms. The van der Waals surface area contributed by atoms with Crippen LogP contribution < -0.4 is 19.0 Å². The third-order valence-electron chi connectivity index (χ3n) is 4.10. The largest absolute Gasteiger partial charge is 0.493 e. The summed E-state index contributed by atoms with van der Waals surface area (Å²) < 4.78 is 19.2. The molecule has 9 heteroatoms. The predicted molar refractivity (Wildman–Crippen MR) is 116 cm³/mol. The lowest BCUT2D eigenvalue weighted by Crippen LogP contribution is -2.19. The summed E-state index contributed by atoms with van der Waals surface area (Å²) in [5.41, 5.74) is 0.933. The maximum Gasteiger partial charge on any atom is 0.286 e. The first-order valence-electron chi connectivity index (χ1n) is 8.87. The second-order valence-corrected chi connectivity index (χ2v) is 7.93. The van der Waals surface area contributed by atoms with Gasteiger partial charge >= 0.3 is 0 Å². The number of halogens is 2. The minimum Gasteiger partial charge on any atom is -0.493 e. The van der Waals surface area contributed by atoms with Gasteiger partial charge < -0.3 is 18.8 Å². The number of hydrogen-bond acceptors (Lipinski definition) is 5. The fourth-order valence-corrected chi connectivity index (χ4v) is 4.34. The average molecular weight is 455 g/mol. The van der Waals surface area contributed by atoms with Gasteiger partial charge in [0.05, 0.1) is 29.5 Å². The molecule has 1 amide bonds. The van der Waals surface area contributed by atoms with Crippen molar-refractivity contribution in [3.8, 4) is 17.2 Å². The second-order valence-electron chi connectivity index (χ2n) is 6.08. The summed E-state index contributed by atoms with van der Waals surface area (Å²) >= 11 is 13.4. The first-order chi connectivity index (χ1) is 14.0. The van der Waals surface area contributed by atoms with Crippen LogP contribution in [0.2, 0.25) is 10.0 Å². The first-order valence-corrected chi connectivity index (χ1v) is 10.4. The molecule has 3 aromatic rings. The number of benzene rings is 2. The zero-order valence-corrected chi connectivity index (χ0v) is 18.5. The number of carbonyl (C=O) groups excluding carboxylic acids is 1. The lowest BCUT2D eigenvalue weighted by atomic mass is 10.3. The Morgan fingerprint density at radius 1 is 1.10 bits per heavy atom. The minimum absolute atomic E-state index is 0.228. The molecule has 2 aromatic carbocycles. The molecule has 0 atom stereocenters. The van der Waals surface area contributed by atoms with E-state index in [9.17, 15) is 4.79 Å². The Balaban J connectivity index is 1.93. The molecule has 154 valence electrons. The summed E-state index contributed by atoms with van der Waals surface area (Å²) in [5.74, 6) is 1.22.